The highest BCUT2D eigenvalue weighted by Gasteiger charge is 2.39. The van der Waals surface area contributed by atoms with Crippen LogP contribution in [-0.4, -0.2) is 38.5 Å². The molecule has 7 rings (SSSR count). The molecule has 0 saturated carbocycles. The number of amides is 1. The summed E-state index contributed by atoms with van der Waals surface area (Å²) < 4.78 is 13.6. The van der Waals surface area contributed by atoms with Gasteiger partial charge in [-0.2, -0.15) is 0 Å². The zero-order valence-corrected chi connectivity index (χ0v) is 28.6. The zero-order chi connectivity index (χ0) is 35.0. The van der Waals surface area contributed by atoms with Crippen molar-refractivity contribution in [2.75, 3.05) is 6.54 Å². The molecule has 1 amide bonds. The molecule has 1 fully saturated rings. The number of hydrogen-bond acceptors (Lipinski definition) is 7. The Hall–Kier alpha value is -5.25. The van der Waals surface area contributed by atoms with Crippen LogP contribution < -0.4 is 5.32 Å². The second kappa shape index (κ2) is 16.2. The summed E-state index contributed by atoms with van der Waals surface area (Å²) in [5.74, 6) is -0.235. The van der Waals surface area contributed by atoms with Crippen LogP contribution in [0.1, 0.15) is 63.2 Å². The van der Waals surface area contributed by atoms with Crippen LogP contribution in [-0.2, 0) is 35.7 Å². The molecule has 8 heteroatoms. The van der Waals surface area contributed by atoms with Crippen LogP contribution in [0.5, 0.6) is 0 Å². The van der Waals surface area contributed by atoms with Crippen molar-refractivity contribution in [3.8, 4) is 0 Å². The highest BCUT2D eigenvalue weighted by Crippen LogP contribution is 2.42. The summed E-state index contributed by atoms with van der Waals surface area (Å²) in [4.78, 5) is 24.2. The van der Waals surface area contributed by atoms with E-state index < -0.39 is 6.29 Å². The monoisotopic (exact) mass is 678 g/mol. The predicted octanol–water partition coefficient (Wildman–Crippen LogP) is 7.55. The number of fused-ring (bicyclic) bond motifs is 1. The van der Waals surface area contributed by atoms with Gasteiger partial charge >= 0.3 is 0 Å². The number of carbonyl (C=O) groups is 1. The van der Waals surface area contributed by atoms with E-state index in [2.05, 4.69) is 75.6 Å². The molecule has 1 aliphatic rings. The lowest BCUT2D eigenvalue weighted by molar-refractivity contribution is -0.276. The van der Waals surface area contributed by atoms with Gasteiger partial charge in [-0.25, -0.2) is 4.98 Å². The maximum atomic E-state index is 12.9. The molecule has 0 spiro atoms. The number of para-hydroxylation sites is 2. The van der Waals surface area contributed by atoms with Crippen LogP contribution in [0, 0.1) is 5.92 Å². The molecule has 2 N–H and O–H groups in total. The van der Waals surface area contributed by atoms with Gasteiger partial charge in [0, 0.05) is 37.7 Å². The second-order valence-electron chi connectivity index (χ2n) is 13.1. The van der Waals surface area contributed by atoms with Gasteiger partial charge in [-0.1, -0.05) is 128 Å². The Morgan fingerprint density at radius 3 is 1.94 bits per heavy atom. The molecule has 0 aliphatic carbocycles. The number of rotatable bonds is 12. The number of hydrogen-bond donors (Lipinski definition) is 2. The molecule has 258 valence electrons. The van der Waals surface area contributed by atoms with Crippen molar-refractivity contribution >= 4 is 16.9 Å². The first-order valence-corrected chi connectivity index (χ1v) is 17.4. The van der Waals surface area contributed by atoms with E-state index in [-0.39, 0.29) is 36.3 Å². The van der Waals surface area contributed by atoms with Crippen LogP contribution in [0.3, 0.4) is 0 Å². The van der Waals surface area contributed by atoms with Gasteiger partial charge in [0.1, 0.15) is 5.69 Å². The lowest BCUT2D eigenvalue weighted by atomic mass is 9.89. The van der Waals surface area contributed by atoms with Crippen LogP contribution in [0.25, 0.3) is 11.0 Å². The molecular weight excluding hydrogens is 636 g/mol. The fraction of sp³-hybridized carbons (Fsp3) is 0.233. The highest BCUT2D eigenvalue weighted by atomic mass is 16.7. The molecule has 8 nitrogen and oxygen atoms in total. The Balaban J connectivity index is 1.09. The average molecular weight is 679 g/mol. The van der Waals surface area contributed by atoms with E-state index in [4.69, 9.17) is 9.47 Å². The normalized spacial score (nSPS) is 18.9. The Kier molecular flexibility index (Phi) is 10.9. The molecular formula is C43H42N4O4. The first kappa shape index (κ1) is 34.2. The summed E-state index contributed by atoms with van der Waals surface area (Å²) >= 11 is 0. The molecule has 0 radical (unpaired) electrons. The van der Waals surface area contributed by atoms with E-state index in [1.165, 1.54) is 17.3 Å². The quantitative estimate of drug-likeness (QED) is 0.138. The molecule has 5 aromatic carbocycles. The summed E-state index contributed by atoms with van der Waals surface area (Å²) in [5.41, 5.74) is 7.95. The van der Waals surface area contributed by atoms with Crippen molar-refractivity contribution in [2.24, 2.45) is 5.92 Å². The van der Waals surface area contributed by atoms with Crippen molar-refractivity contribution in [2.45, 2.75) is 51.7 Å². The van der Waals surface area contributed by atoms with Crippen LogP contribution >= 0.6 is 0 Å². The van der Waals surface area contributed by atoms with Gasteiger partial charge in [-0.15, -0.1) is 0 Å². The number of nitrogens with zero attached hydrogens (tertiary/aromatic N) is 3. The Labute approximate surface area is 298 Å². The van der Waals surface area contributed by atoms with Gasteiger partial charge in [0.05, 0.1) is 36.0 Å². The molecule has 4 atom stereocenters. The van der Waals surface area contributed by atoms with Crippen molar-refractivity contribution in [3.63, 3.8) is 0 Å². The zero-order valence-electron chi connectivity index (χ0n) is 28.6. The first-order chi connectivity index (χ1) is 25.0. The van der Waals surface area contributed by atoms with Gasteiger partial charge < -0.3 is 19.9 Å². The average Bonchev–Trinajstić information content (AvgIpc) is 3.18. The number of ether oxygens (including phenoxy) is 2. The topological polar surface area (TPSA) is 96.8 Å². The molecule has 0 unspecified atom stereocenters. The largest absolute Gasteiger partial charge is 0.392 e. The van der Waals surface area contributed by atoms with E-state index in [1.54, 1.807) is 0 Å². The smallest absolute Gasteiger partial charge is 0.271 e. The number of nitrogens with one attached hydrogen (secondary N) is 1. The predicted molar refractivity (Wildman–Crippen MR) is 197 cm³/mol. The van der Waals surface area contributed by atoms with E-state index in [0.717, 1.165) is 40.9 Å². The van der Waals surface area contributed by atoms with Crippen LogP contribution in [0.2, 0.25) is 0 Å². The number of carbonyl (C=O) groups excluding carboxylic acids is 1. The second-order valence-corrected chi connectivity index (χ2v) is 13.1. The minimum atomic E-state index is -0.597. The van der Waals surface area contributed by atoms with Gasteiger partial charge in [-0.3, -0.25) is 14.7 Å². The minimum absolute atomic E-state index is 0.00783. The Morgan fingerprint density at radius 1 is 0.706 bits per heavy atom. The standard InChI is InChI=1S/C43H42N4O4/c1-30-40(28-47(26-32-10-4-2-5-11-32)27-33-12-6-3-7-13-33)50-43(51-41(30)35-20-18-34(29-48)19-21-35)36-22-16-31(17-23-36)24-45-42(49)39-25-44-37-14-8-9-15-38(37)46-39/h2-23,25,30,40-41,43,48H,24,26-29H2,1H3,(H,45,49)/t30-,40+,41+,43+/m0/s1. The molecule has 1 saturated heterocycles. The molecule has 1 aromatic heterocycles. The SMILES string of the molecule is C[C@H]1[C@@H](CN(Cc2ccccc2)Cc2ccccc2)O[C@@H](c2ccc(CNC(=O)c3cnc4ccccc4n3)cc2)O[C@H]1c1ccc(CO)cc1. The third kappa shape index (κ3) is 8.56. The molecule has 51 heavy (non-hydrogen) atoms. The number of aliphatic hydroxyl groups is 1. The van der Waals surface area contributed by atoms with E-state index in [0.29, 0.717) is 18.6 Å². The van der Waals surface area contributed by atoms with Crippen LogP contribution in [0.15, 0.2) is 140 Å². The third-order valence-electron chi connectivity index (χ3n) is 9.45. The van der Waals surface area contributed by atoms with Gasteiger partial charge in [0.15, 0.2) is 6.29 Å². The molecule has 1 aliphatic heterocycles. The highest BCUT2D eigenvalue weighted by molar-refractivity contribution is 5.93. The number of benzene rings is 5. The fourth-order valence-corrected chi connectivity index (χ4v) is 6.58. The summed E-state index contributed by atoms with van der Waals surface area (Å²) in [6, 6.07) is 44.6. The van der Waals surface area contributed by atoms with E-state index in [9.17, 15) is 9.90 Å². The lowest BCUT2D eigenvalue weighted by Gasteiger charge is -2.43. The van der Waals surface area contributed by atoms with Crippen molar-refractivity contribution in [1.82, 2.24) is 20.2 Å². The summed E-state index contributed by atoms with van der Waals surface area (Å²) in [6.07, 6.45) is 0.546. The summed E-state index contributed by atoms with van der Waals surface area (Å²) in [6.45, 7) is 4.81. The lowest BCUT2D eigenvalue weighted by Crippen LogP contribution is -2.44. The van der Waals surface area contributed by atoms with Crippen molar-refractivity contribution in [1.29, 1.82) is 0 Å². The summed E-state index contributed by atoms with van der Waals surface area (Å²) in [7, 11) is 0. The Morgan fingerprint density at radius 2 is 1.29 bits per heavy atom. The maximum absolute atomic E-state index is 12.9. The maximum Gasteiger partial charge on any atom is 0.271 e. The number of aromatic nitrogens is 2. The van der Waals surface area contributed by atoms with E-state index >= 15 is 0 Å². The first-order valence-electron chi connectivity index (χ1n) is 17.4. The van der Waals surface area contributed by atoms with Crippen molar-refractivity contribution < 1.29 is 19.4 Å². The van der Waals surface area contributed by atoms with Crippen LogP contribution in [0.4, 0.5) is 0 Å². The van der Waals surface area contributed by atoms with Gasteiger partial charge in [0.25, 0.3) is 5.91 Å². The fourth-order valence-electron chi connectivity index (χ4n) is 6.58. The number of aliphatic hydroxyl groups excluding tert-OH is 1. The summed E-state index contributed by atoms with van der Waals surface area (Å²) in [5, 5.41) is 12.6. The Bertz CT molecular complexity index is 1980. The van der Waals surface area contributed by atoms with Gasteiger partial charge in [-0.05, 0) is 39.9 Å². The molecule has 0 bridgehead atoms. The third-order valence-corrected chi connectivity index (χ3v) is 9.45. The van der Waals surface area contributed by atoms with Gasteiger partial charge in [0.2, 0.25) is 0 Å². The minimum Gasteiger partial charge on any atom is -0.392 e. The van der Waals surface area contributed by atoms with E-state index in [1.807, 2.05) is 84.9 Å². The molecule has 6 aromatic rings. The van der Waals surface area contributed by atoms with Crippen molar-refractivity contribution in [3.05, 3.63) is 179 Å². The molecule has 2 heterocycles.